The molecule has 98 heavy (non-hydrogen) atoms. The predicted molar refractivity (Wildman–Crippen MR) is 371 cm³/mol. The van der Waals surface area contributed by atoms with E-state index in [4.69, 9.17) is 19.8 Å². The minimum atomic E-state index is -1.39. The van der Waals surface area contributed by atoms with Crippen LogP contribution in [0.4, 0.5) is 0 Å². The van der Waals surface area contributed by atoms with Crippen molar-refractivity contribution in [2.45, 2.75) is 254 Å². The molecule has 29 heteroatoms. The monoisotopic (exact) mass is 1390 g/mol. The van der Waals surface area contributed by atoms with Crippen molar-refractivity contribution < 1.29 is 67.1 Å². The Kier molecular flexibility index (Phi) is 35.4. The predicted octanol–water partition coefficient (Wildman–Crippen LogP) is 4.36. The first-order chi connectivity index (χ1) is 45.9. The molecule has 3 rings (SSSR count). The van der Waals surface area contributed by atoms with Crippen LogP contribution < -0.4 is 21.3 Å². The van der Waals surface area contributed by atoms with Crippen LogP contribution in [0, 0.1) is 35.5 Å². The molecule has 0 saturated carbocycles. The Hall–Kier alpha value is -6.68. The number of hydrogen-bond donors (Lipinski definition) is 4. The van der Waals surface area contributed by atoms with Crippen LogP contribution >= 0.6 is 0 Å². The third kappa shape index (κ3) is 23.7. The lowest BCUT2D eigenvalue weighted by Crippen LogP contribution is -2.72. The Balaban J connectivity index is 2.29. The van der Waals surface area contributed by atoms with Gasteiger partial charge in [0.15, 0.2) is 6.04 Å². The van der Waals surface area contributed by atoms with E-state index in [0.717, 1.165) is 31.1 Å². The van der Waals surface area contributed by atoms with Crippen molar-refractivity contribution in [3.8, 4) is 0 Å². The molecule has 14 atom stereocenters. The summed E-state index contributed by atoms with van der Waals surface area (Å²) in [6.45, 7) is 31.9. The van der Waals surface area contributed by atoms with Gasteiger partial charge in [0.1, 0.15) is 66.5 Å². The molecule has 0 aromatic heterocycles. The molecule has 0 aromatic rings. The summed E-state index contributed by atoms with van der Waals surface area (Å²) in [5, 5.41) is 15.8. The summed E-state index contributed by atoms with van der Waals surface area (Å²) in [6.07, 6.45) is 2.49. The van der Waals surface area contributed by atoms with E-state index in [1.54, 1.807) is 41.5 Å². The lowest BCUT2D eigenvalue weighted by atomic mass is 9.88. The first-order valence-electron chi connectivity index (χ1n) is 35.6. The molecule has 0 radical (unpaired) electrons. The van der Waals surface area contributed by atoms with Gasteiger partial charge in [0, 0.05) is 73.4 Å². The summed E-state index contributed by atoms with van der Waals surface area (Å²) in [6, 6.07) is -13.8. The second-order valence-electron chi connectivity index (χ2n) is 29.3. The van der Waals surface area contributed by atoms with Crippen molar-refractivity contribution in [3.05, 3.63) is 10.4 Å². The van der Waals surface area contributed by atoms with E-state index < -0.39 is 155 Å². The highest BCUT2D eigenvalue weighted by molar-refractivity contribution is 6.00. The number of rotatable bonds is 23. The van der Waals surface area contributed by atoms with E-state index in [0.29, 0.717) is 51.9 Å². The van der Waals surface area contributed by atoms with Crippen LogP contribution in [0.15, 0.2) is 5.11 Å². The summed E-state index contributed by atoms with van der Waals surface area (Å²) in [4.78, 5) is 182. The lowest BCUT2D eigenvalue weighted by molar-refractivity contribution is -0.322. The summed E-state index contributed by atoms with van der Waals surface area (Å²) in [7, 11) is 8.61. The number of amides is 11. The number of hydroxylamine groups is 2. The van der Waals surface area contributed by atoms with Gasteiger partial charge >= 0.3 is 0 Å². The highest BCUT2D eigenvalue weighted by atomic mass is 16.7. The number of morpholine rings is 1. The number of fused-ring (bicyclic) bond motifs is 1. The van der Waals surface area contributed by atoms with Gasteiger partial charge in [-0.25, -0.2) is 5.06 Å². The van der Waals surface area contributed by atoms with Crippen molar-refractivity contribution in [2.75, 3.05) is 88.3 Å². The fourth-order valence-corrected chi connectivity index (χ4v) is 13.0. The summed E-state index contributed by atoms with van der Waals surface area (Å²) >= 11 is 0. The molecule has 0 aromatic carbocycles. The zero-order valence-electron chi connectivity index (χ0n) is 63.1. The average molecular weight is 1390 g/mol. The molecule has 3 fully saturated rings. The van der Waals surface area contributed by atoms with E-state index >= 15 is 24.0 Å². The SMILES string of the molecule is CC[C@@H]1NC(=O)[C@@H]2[C@@H]([C@H](C)CCCCCN=[N+]=[N-])ON2C(=O)[C@H](C(C)C)N(C)C(=O)[C@H](CC(C)C)N(C)C(=O)[C@H](CC(C)C)N(C)C(=O)[C@@H](C)NC(=O)C(C)NC(=O)[C@H](CC(C)C)N(C)C(=O)[C@H](C(C)C)NC(=O)C([C@@H](C)OCCCCN2CCOCC2)N(C)C(=O)[C@@H](C)N(C)C1=O. The number of unbranched alkanes of at least 4 members (excludes halogenated alkanes) is 3. The molecular formula is C69H123N15O14. The van der Waals surface area contributed by atoms with Gasteiger partial charge in [0.2, 0.25) is 59.1 Å². The summed E-state index contributed by atoms with van der Waals surface area (Å²) < 4.78 is 11.9. The van der Waals surface area contributed by atoms with E-state index in [-0.39, 0.29) is 56.0 Å². The Bertz CT molecular complexity index is 2720. The highest BCUT2D eigenvalue weighted by Gasteiger charge is 2.55. The van der Waals surface area contributed by atoms with Gasteiger partial charge in [0.05, 0.1) is 19.3 Å². The number of ether oxygens (including phenoxy) is 2. The Labute approximate surface area is 583 Å². The Morgan fingerprint density at radius 2 is 1.06 bits per heavy atom. The maximum Gasteiger partial charge on any atom is 0.270 e. The second kappa shape index (κ2) is 40.5. The molecule has 3 saturated heterocycles. The molecule has 0 bridgehead atoms. The summed E-state index contributed by atoms with van der Waals surface area (Å²) in [5.74, 6) is -9.51. The molecule has 558 valence electrons. The number of nitrogens with zero attached hydrogens (tertiary/aromatic N) is 11. The molecule has 11 amide bonds. The molecule has 3 heterocycles. The van der Waals surface area contributed by atoms with Crippen LogP contribution in [0.5, 0.6) is 0 Å². The molecule has 4 N–H and O–H groups in total. The van der Waals surface area contributed by atoms with E-state index in [1.807, 2.05) is 48.5 Å². The van der Waals surface area contributed by atoms with Crippen molar-refractivity contribution in [1.29, 1.82) is 0 Å². The number of likely N-dealkylation sites (N-methyl/N-ethyl adjacent to an activating group) is 6. The van der Waals surface area contributed by atoms with Crippen LogP contribution in [0.1, 0.15) is 175 Å². The van der Waals surface area contributed by atoms with E-state index in [2.05, 4.69) is 36.2 Å². The normalized spacial score (nSPS) is 27.7. The minimum Gasteiger partial charge on any atom is -0.379 e. The molecule has 0 aliphatic carbocycles. The fourth-order valence-electron chi connectivity index (χ4n) is 13.0. The molecular weight excluding hydrogens is 1260 g/mol. The van der Waals surface area contributed by atoms with E-state index in [9.17, 15) is 28.8 Å². The third-order valence-corrected chi connectivity index (χ3v) is 19.2. The molecule has 0 spiro atoms. The van der Waals surface area contributed by atoms with Crippen LogP contribution in [0.25, 0.3) is 10.4 Å². The largest absolute Gasteiger partial charge is 0.379 e. The van der Waals surface area contributed by atoms with Gasteiger partial charge < -0.3 is 60.1 Å². The number of carbonyl (C=O) groups is 11. The lowest BCUT2D eigenvalue weighted by Gasteiger charge is -2.50. The maximum absolute atomic E-state index is 15.3. The maximum atomic E-state index is 15.3. The molecule has 3 aliphatic heterocycles. The molecule has 3 aliphatic rings. The number of nitrogens with one attached hydrogen (secondary N) is 4. The van der Waals surface area contributed by atoms with Gasteiger partial charge in [-0.1, -0.05) is 101 Å². The quantitative estimate of drug-likeness (QED) is 0.0478. The topological polar surface area (TPSA) is 338 Å². The van der Waals surface area contributed by atoms with Gasteiger partial charge in [-0.3, -0.25) is 62.5 Å². The summed E-state index contributed by atoms with van der Waals surface area (Å²) in [5.41, 5.74) is 8.82. The first-order valence-corrected chi connectivity index (χ1v) is 35.6. The zero-order valence-corrected chi connectivity index (χ0v) is 63.1. The second-order valence-corrected chi connectivity index (χ2v) is 29.3. The van der Waals surface area contributed by atoms with E-state index in [1.165, 1.54) is 92.5 Å². The number of azide groups is 1. The van der Waals surface area contributed by atoms with Crippen molar-refractivity contribution in [3.63, 3.8) is 0 Å². The van der Waals surface area contributed by atoms with Gasteiger partial charge in [0.25, 0.3) is 5.91 Å². The van der Waals surface area contributed by atoms with Crippen LogP contribution in [-0.4, -0.2) is 271 Å². The smallest absolute Gasteiger partial charge is 0.270 e. The molecule has 2 unspecified atom stereocenters. The van der Waals surface area contributed by atoms with Crippen molar-refractivity contribution >= 4 is 65.0 Å². The average Bonchev–Trinajstić information content (AvgIpc) is 0.754. The molecule has 29 nitrogen and oxygen atoms in total. The fraction of sp³-hybridized carbons (Fsp3) is 0.841. The number of carbonyl (C=O) groups excluding carboxylic acids is 11. The van der Waals surface area contributed by atoms with Crippen LogP contribution in [0.2, 0.25) is 0 Å². The first kappa shape index (κ1) is 85.5. The standard InChI is InChI=1S/C69H123N15O14/c1-23-50-65(91)77(17)48(15)64(90)82(22)56(49(16)97-34-28-27-31-83-32-35-96-36-33-83)61(87)75-54(43(8)9)68(94)78(18)51(37-40(2)3)60(86)72-46(13)59(85)73-47(14)63(89)79(19)52(38-41(4)5)66(92)80(20)53(39-42(6)7)67(93)81(21)55(44(10)11)69(95)84-57(62(88)74-50)58(98-84)45(12)29-25-24-26-30-71-76-70/h40-58H,23-39H2,1-22H3,(H,72,86)(H,73,85)(H,74,88)(H,75,87)/t45-,46?,47-,48-,49-,50+,51+,52+,53+,54+,55+,56?,57+,58-/m1/s1. The van der Waals surface area contributed by atoms with Gasteiger partial charge in [-0.05, 0) is 127 Å². The van der Waals surface area contributed by atoms with Crippen LogP contribution in [-0.2, 0) is 67.1 Å². The minimum absolute atomic E-state index is 0.0309. The van der Waals surface area contributed by atoms with Gasteiger partial charge in [-0.2, -0.15) is 0 Å². The van der Waals surface area contributed by atoms with Crippen LogP contribution in [0.3, 0.4) is 0 Å². The third-order valence-electron chi connectivity index (χ3n) is 19.2. The van der Waals surface area contributed by atoms with Crippen molar-refractivity contribution in [1.82, 2.24) is 60.6 Å². The zero-order chi connectivity index (χ0) is 74.3. The highest BCUT2D eigenvalue weighted by Crippen LogP contribution is 2.34. The van der Waals surface area contributed by atoms with Gasteiger partial charge in [-0.15, -0.1) is 0 Å². The Morgan fingerprint density at radius 3 is 1.60 bits per heavy atom. The Morgan fingerprint density at radius 1 is 0.531 bits per heavy atom. The van der Waals surface area contributed by atoms with Crippen molar-refractivity contribution in [2.24, 2.45) is 40.6 Å². The number of hydrogen-bond acceptors (Lipinski definition) is 16.